The van der Waals surface area contributed by atoms with Gasteiger partial charge < -0.3 is 15.0 Å². The van der Waals surface area contributed by atoms with Crippen LogP contribution in [-0.4, -0.2) is 42.6 Å². The van der Waals surface area contributed by atoms with Gasteiger partial charge in [0.25, 0.3) is 0 Å². The Labute approximate surface area is 152 Å². The maximum atomic E-state index is 12.6. The fourth-order valence-electron chi connectivity index (χ4n) is 2.72. The van der Waals surface area contributed by atoms with Crippen molar-refractivity contribution in [3.63, 3.8) is 0 Å². The molecule has 128 valence electrons. The molecule has 2 aliphatic rings. The van der Waals surface area contributed by atoms with Gasteiger partial charge in [0.05, 0.1) is 23.3 Å². The summed E-state index contributed by atoms with van der Waals surface area (Å²) in [6, 6.07) is 6.04. The third kappa shape index (κ3) is 5.23. The molecule has 7 heteroatoms. The second-order valence-electron chi connectivity index (χ2n) is 5.93. The van der Waals surface area contributed by atoms with E-state index < -0.39 is 0 Å². The molecule has 1 heterocycles. The van der Waals surface area contributed by atoms with Crippen LogP contribution in [0.25, 0.3) is 0 Å². The lowest BCUT2D eigenvalue weighted by Gasteiger charge is -2.28. The molecule has 4 nitrogen and oxygen atoms in total. The Hall–Kier alpha value is -0.520. The summed E-state index contributed by atoms with van der Waals surface area (Å²) in [4.78, 5) is 14.6. The zero-order valence-corrected chi connectivity index (χ0v) is 15.1. The fourth-order valence-corrected chi connectivity index (χ4v) is 3.04. The topological polar surface area (TPSA) is 41.6 Å². The molecule has 1 aliphatic carbocycles. The first-order valence-corrected chi connectivity index (χ1v) is 8.43. The Morgan fingerprint density at radius 1 is 1.30 bits per heavy atom. The summed E-state index contributed by atoms with van der Waals surface area (Å²) < 4.78 is 5.42. The first kappa shape index (κ1) is 18.8. The predicted octanol–water partition coefficient (Wildman–Crippen LogP) is 3.28. The number of benzene rings is 1. The lowest BCUT2D eigenvalue weighted by atomic mass is 10.1. The Kier molecular flexibility index (Phi) is 6.99. The Bertz CT molecular complexity index is 546. The van der Waals surface area contributed by atoms with E-state index in [1.807, 2.05) is 17.0 Å². The molecule has 23 heavy (non-hydrogen) atoms. The van der Waals surface area contributed by atoms with E-state index >= 15 is 0 Å². The third-order valence-corrected chi connectivity index (χ3v) is 4.80. The molecule has 1 aromatic rings. The Morgan fingerprint density at radius 2 is 2.09 bits per heavy atom. The van der Waals surface area contributed by atoms with E-state index in [1.54, 1.807) is 6.07 Å². The Morgan fingerprint density at radius 3 is 2.70 bits per heavy atom. The number of amides is 1. The van der Waals surface area contributed by atoms with Crippen molar-refractivity contribution >= 4 is 41.5 Å². The van der Waals surface area contributed by atoms with Crippen molar-refractivity contribution in [1.82, 2.24) is 10.2 Å². The molecule has 1 atom stereocenters. The van der Waals surface area contributed by atoms with Crippen molar-refractivity contribution in [2.45, 2.75) is 37.9 Å². The predicted molar refractivity (Wildman–Crippen MR) is 94.5 cm³/mol. The molecule has 0 bridgehead atoms. The van der Waals surface area contributed by atoms with Gasteiger partial charge in [0, 0.05) is 31.6 Å². The van der Waals surface area contributed by atoms with Gasteiger partial charge in [-0.25, -0.2) is 0 Å². The van der Waals surface area contributed by atoms with Gasteiger partial charge in [-0.15, -0.1) is 12.4 Å². The highest BCUT2D eigenvalue weighted by atomic mass is 35.5. The SMILES string of the molecule is Cl.O=C(CC1COCCN1)N(Cc1ccc(Cl)c(Cl)c1)C1CC1. The average molecular weight is 380 g/mol. The third-order valence-electron chi connectivity index (χ3n) is 4.06. The maximum absolute atomic E-state index is 12.6. The fraction of sp³-hybridized carbons (Fsp3) is 0.562. The van der Waals surface area contributed by atoms with Gasteiger partial charge in [0.2, 0.25) is 5.91 Å². The first-order chi connectivity index (χ1) is 10.6. The van der Waals surface area contributed by atoms with Crippen molar-refractivity contribution in [1.29, 1.82) is 0 Å². The van der Waals surface area contributed by atoms with E-state index in [4.69, 9.17) is 27.9 Å². The van der Waals surface area contributed by atoms with E-state index in [9.17, 15) is 4.79 Å². The molecule has 1 aliphatic heterocycles. The number of nitrogens with zero attached hydrogens (tertiary/aromatic N) is 1. The summed E-state index contributed by atoms with van der Waals surface area (Å²) >= 11 is 12.0. The molecule has 1 saturated heterocycles. The molecule has 2 fully saturated rings. The molecule has 1 unspecified atom stereocenters. The van der Waals surface area contributed by atoms with Crippen LogP contribution in [0.4, 0.5) is 0 Å². The van der Waals surface area contributed by atoms with Crippen LogP contribution in [0.2, 0.25) is 10.0 Å². The smallest absolute Gasteiger partial charge is 0.224 e. The maximum Gasteiger partial charge on any atom is 0.224 e. The molecule has 1 N–H and O–H groups in total. The molecule has 3 rings (SSSR count). The van der Waals surface area contributed by atoms with Crippen LogP contribution >= 0.6 is 35.6 Å². The summed E-state index contributed by atoms with van der Waals surface area (Å²) in [6.45, 7) is 2.74. The highest BCUT2D eigenvalue weighted by Crippen LogP contribution is 2.30. The first-order valence-electron chi connectivity index (χ1n) is 7.68. The Balaban J connectivity index is 0.00000192. The van der Waals surface area contributed by atoms with Gasteiger partial charge in [-0.1, -0.05) is 29.3 Å². The van der Waals surface area contributed by atoms with E-state index in [0.717, 1.165) is 31.6 Å². The number of ether oxygens (including phenoxy) is 1. The van der Waals surface area contributed by atoms with Crippen LogP contribution in [0.1, 0.15) is 24.8 Å². The number of morpholine rings is 1. The van der Waals surface area contributed by atoms with Crippen LogP contribution in [0.5, 0.6) is 0 Å². The van der Waals surface area contributed by atoms with Gasteiger partial charge in [-0.2, -0.15) is 0 Å². The van der Waals surface area contributed by atoms with Gasteiger partial charge in [-0.3, -0.25) is 4.79 Å². The monoisotopic (exact) mass is 378 g/mol. The number of nitrogens with one attached hydrogen (secondary N) is 1. The van der Waals surface area contributed by atoms with Crippen molar-refractivity contribution in [2.24, 2.45) is 0 Å². The molecule has 1 aromatic carbocycles. The molecular formula is C16H21Cl3N2O2. The van der Waals surface area contributed by atoms with Crippen LogP contribution < -0.4 is 5.32 Å². The normalized spacial score (nSPS) is 20.7. The second-order valence-corrected chi connectivity index (χ2v) is 6.75. The van der Waals surface area contributed by atoms with Crippen LogP contribution in [0.15, 0.2) is 18.2 Å². The molecule has 0 aromatic heterocycles. The summed E-state index contributed by atoms with van der Waals surface area (Å²) in [5.41, 5.74) is 1.02. The molecular weight excluding hydrogens is 359 g/mol. The standard InChI is InChI=1S/C16H20Cl2N2O2.ClH/c17-14-4-1-11(7-15(14)18)9-20(13-2-3-13)16(21)8-12-10-22-6-5-19-12;/h1,4,7,12-13,19H,2-3,5-6,8-10H2;1H. The van der Waals surface area contributed by atoms with Crippen molar-refractivity contribution in [2.75, 3.05) is 19.8 Å². The van der Waals surface area contributed by atoms with Gasteiger partial charge >= 0.3 is 0 Å². The highest BCUT2D eigenvalue weighted by molar-refractivity contribution is 6.42. The number of rotatable bonds is 5. The number of hydrogen-bond acceptors (Lipinski definition) is 3. The van der Waals surface area contributed by atoms with Crippen LogP contribution in [0, 0.1) is 0 Å². The number of halogens is 3. The largest absolute Gasteiger partial charge is 0.378 e. The lowest BCUT2D eigenvalue weighted by Crippen LogP contribution is -2.45. The van der Waals surface area contributed by atoms with E-state index in [-0.39, 0.29) is 24.4 Å². The zero-order valence-electron chi connectivity index (χ0n) is 12.8. The summed E-state index contributed by atoms with van der Waals surface area (Å²) in [7, 11) is 0. The average Bonchev–Trinajstić information content (AvgIpc) is 3.34. The van der Waals surface area contributed by atoms with Crippen molar-refractivity contribution in [3.05, 3.63) is 33.8 Å². The van der Waals surface area contributed by atoms with E-state index in [1.165, 1.54) is 0 Å². The number of hydrogen-bond donors (Lipinski definition) is 1. The lowest BCUT2D eigenvalue weighted by molar-refractivity contribution is -0.133. The minimum Gasteiger partial charge on any atom is -0.378 e. The van der Waals surface area contributed by atoms with Crippen molar-refractivity contribution in [3.8, 4) is 0 Å². The zero-order chi connectivity index (χ0) is 15.5. The van der Waals surface area contributed by atoms with Crippen molar-refractivity contribution < 1.29 is 9.53 Å². The van der Waals surface area contributed by atoms with E-state index in [0.29, 0.717) is 35.7 Å². The van der Waals surface area contributed by atoms with E-state index in [2.05, 4.69) is 5.32 Å². The summed E-state index contributed by atoms with van der Waals surface area (Å²) in [5.74, 6) is 0.177. The van der Waals surface area contributed by atoms with Gasteiger partial charge in [0.15, 0.2) is 0 Å². The molecule has 0 spiro atoms. The molecule has 1 saturated carbocycles. The summed E-state index contributed by atoms with van der Waals surface area (Å²) in [6.07, 6.45) is 2.65. The minimum absolute atomic E-state index is 0. The number of carbonyl (C=O) groups is 1. The minimum atomic E-state index is 0. The number of carbonyl (C=O) groups excluding carboxylic acids is 1. The highest BCUT2D eigenvalue weighted by Gasteiger charge is 2.33. The van der Waals surface area contributed by atoms with Gasteiger partial charge in [0.1, 0.15) is 0 Å². The van der Waals surface area contributed by atoms with Crippen LogP contribution in [-0.2, 0) is 16.1 Å². The van der Waals surface area contributed by atoms with Crippen LogP contribution in [0.3, 0.4) is 0 Å². The second kappa shape index (κ2) is 8.54. The molecule has 0 radical (unpaired) electrons. The molecule has 1 amide bonds. The van der Waals surface area contributed by atoms with Gasteiger partial charge in [-0.05, 0) is 30.5 Å². The summed E-state index contributed by atoms with van der Waals surface area (Å²) in [5, 5.41) is 4.41. The quantitative estimate of drug-likeness (QED) is 0.853.